The van der Waals surface area contributed by atoms with Crippen LogP contribution in [0.3, 0.4) is 0 Å². The van der Waals surface area contributed by atoms with Gasteiger partial charge in [-0.05, 0) is 18.4 Å². The summed E-state index contributed by atoms with van der Waals surface area (Å²) < 4.78 is 5.86. The van der Waals surface area contributed by atoms with Crippen LogP contribution in [0.25, 0.3) is 0 Å². The summed E-state index contributed by atoms with van der Waals surface area (Å²) in [5, 5.41) is 0. The average Bonchev–Trinajstić information content (AvgIpc) is 2.29. The Balaban J connectivity index is 1.82. The van der Waals surface area contributed by atoms with Gasteiger partial charge in [-0.3, -0.25) is 0 Å². The first-order valence-corrected chi connectivity index (χ1v) is 5.77. The van der Waals surface area contributed by atoms with Crippen LogP contribution in [-0.4, -0.2) is 12.1 Å². The van der Waals surface area contributed by atoms with Gasteiger partial charge in [0.25, 0.3) is 0 Å². The molecule has 0 amide bonds. The largest absolute Gasteiger partial charge is 0.372 e. The molecule has 1 aromatic rings. The van der Waals surface area contributed by atoms with E-state index in [1.54, 1.807) is 0 Å². The number of hydrogen-bond donors (Lipinski definition) is 1. The van der Waals surface area contributed by atoms with Gasteiger partial charge in [0, 0.05) is 6.04 Å². The smallest absolute Gasteiger partial charge is 0.0730 e. The Morgan fingerprint density at radius 2 is 1.87 bits per heavy atom. The predicted octanol–water partition coefficient (Wildman–Crippen LogP) is 2.47. The van der Waals surface area contributed by atoms with Crippen LogP contribution in [0.2, 0.25) is 0 Å². The molecule has 2 atom stereocenters. The normalized spacial score (nSPS) is 26.5. The topological polar surface area (TPSA) is 35.2 Å². The standard InChI is InChI=1S/C13H19NO/c14-12-8-4-5-9-13(12)15-10-11-6-2-1-3-7-11/h1-3,6-7,12-13H,4-5,8-10,14H2/t12-,13?/m1/s1. The zero-order valence-electron chi connectivity index (χ0n) is 9.06. The van der Waals surface area contributed by atoms with Gasteiger partial charge in [-0.25, -0.2) is 0 Å². The fraction of sp³-hybridized carbons (Fsp3) is 0.538. The molecule has 2 nitrogen and oxygen atoms in total. The highest BCUT2D eigenvalue weighted by Gasteiger charge is 2.21. The first-order chi connectivity index (χ1) is 7.36. The second-order valence-corrected chi connectivity index (χ2v) is 4.28. The van der Waals surface area contributed by atoms with Crippen molar-refractivity contribution < 1.29 is 4.74 Å². The summed E-state index contributed by atoms with van der Waals surface area (Å²) >= 11 is 0. The van der Waals surface area contributed by atoms with E-state index in [1.165, 1.54) is 18.4 Å². The van der Waals surface area contributed by atoms with Gasteiger partial charge in [-0.1, -0.05) is 43.2 Å². The Hall–Kier alpha value is -0.860. The molecule has 1 unspecified atom stereocenters. The van der Waals surface area contributed by atoms with E-state index >= 15 is 0 Å². The molecule has 15 heavy (non-hydrogen) atoms. The van der Waals surface area contributed by atoms with Crippen molar-refractivity contribution in [1.82, 2.24) is 0 Å². The molecule has 1 aromatic carbocycles. The number of hydrogen-bond acceptors (Lipinski definition) is 2. The number of rotatable bonds is 3. The molecule has 0 bridgehead atoms. The number of nitrogens with two attached hydrogens (primary N) is 1. The molecule has 2 heteroatoms. The van der Waals surface area contributed by atoms with Crippen molar-refractivity contribution in [2.75, 3.05) is 0 Å². The highest BCUT2D eigenvalue weighted by Crippen LogP contribution is 2.20. The summed E-state index contributed by atoms with van der Waals surface area (Å²) in [7, 11) is 0. The number of ether oxygens (including phenoxy) is 1. The van der Waals surface area contributed by atoms with Gasteiger partial charge >= 0.3 is 0 Å². The predicted molar refractivity (Wildman–Crippen MR) is 61.5 cm³/mol. The molecule has 2 N–H and O–H groups in total. The first-order valence-electron chi connectivity index (χ1n) is 5.77. The zero-order chi connectivity index (χ0) is 10.5. The van der Waals surface area contributed by atoms with E-state index in [4.69, 9.17) is 10.5 Å². The van der Waals surface area contributed by atoms with Gasteiger partial charge in [0.2, 0.25) is 0 Å². The Kier molecular flexibility index (Phi) is 3.75. The maximum absolute atomic E-state index is 6.02. The van der Waals surface area contributed by atoms with E-state index in [9.17, 15) is 0 Å². The molecule has 1 fully saturated rings. The van der Waals surface area contributed by atoms with Crippen LogP contribution in [0.15, 0.2) is 30.3 Å². The van der Waals surface area contributed by atoms with Crippen molar-refractivity contribution in [3.8, 4) is 0 Å². The van der Waals surface area contributed by atoms with Crippen LogP contribution >= 0.6 is 0 Å². The summed E-state index contributed by atoms with van der Waals surface area (Å²) in [6.07, 6.45) is 5.01. The average molecular weight is 205 g/mol. The molecule has 0 aliphatic heterocycles. The highest BCUT2D eigenvalue weighted by molar-refractivity contribution is 5.13. The molecular weight excluding hydrogens is 186 g/mol. The molecule has 0 spiro atoms. The molecule has 1 aliphatic rings. The van der Waals surface area contributed by atoms with E-state index in [2.05, 4.69) is 12.1 Å². The lowest BCUT2D eigenvalue weighted by Crippen LogP contribution is -2.39. The Labute approximate surface area is 91.4 Å². The van der Waals surface area contributed by atoms with E-state index < -0.39 is 0 Å². The molecule has 0 radical (unpaired) electrons. The lowest BCUT2D eigenvalue weighted by molar-refractivity contribution is 0.00404. The van der Waals surface area contributed by atoms with Crippen LogP contribution in [0.4, 0.5) is 0 Å². The lowest BCUT2D eigenvalue weighted by Gasteiger charge is -2.28. The minimum atomic E-state index is 0.238. The molecular formula is C13H19NO. The lowest BCUT2D eigenvalue weighted by atomic mass is 9.93. The fourth-order valence-electron chi connectivity index (χ4n) is 2.11. The van der Waals surface area contributed by atoms with Gasteiger partial charge in [0.05, 0.1) is 12.7 Å². The summed E-state index contributed by atoms with van der Waals surface area (Å²) in [4.78, 5) is 0. The quantitative estimate of drug-likeness (QED) is 0.822. The SMILES string of the molecule is N[C@@H]1CCCCC1OCc1ccccc1. The van der Waals surface area contributed by atoms with Crippen LogP contribution in [0.5, 0.6) is 0 Å². The maximum Gasteiger partial charge on any atom is 0.0730 e. The third kappa shape index (κ3) is 3.05. The molecule has 0 saturated heterocycles. The molecule has 0 aromatic heterocycles. The first kappa shape index (κ1) is 10.7. The molecule has 0 heterocycles. The number of benzene rings is 1. The van der Waals surface area contributed by atoms with E-state index in [1.807, 2.05) is 18.2 Å². The molecule has 1 aliphatic carbocycles. The Bertz CT molecular complexity index is 286. The third-order valence-corrected chi connectivity index (χ3v) is 3.06. The van der Waals surface area contributed by atoms with Crippen molar-refractivity contribution in [2.45, 2.75) is 44.4 Å². The maximum atomic E-state index is 6.02. The van der Waals surface area contributed by atoms with Crippen molar-refractivity contribution in [3.05, 3.63) is 35.9 Å². The second-order valence-electron chi connectivity index (χ2n) is 4.28. The minimum absolute atomic E-state index is 0.238. The monoisotopic (exact) mass is 205 g/mol. The van der Waals surface area contributed by atoms with Crippen molar-refractivity contribution >= 4 is 0 Å². The zero-order valence-corrected chi connectivity index (χ0v) is 9.06. The third-order valence-electron chi connectivity index (χ3n) is 3.06. The molecule has 2 rings (SSSR count). The van der Waals surface area contributed by atoms with Crippen molar-refractivity contribution in [3.63, 3.8) is 0 Å². The van der Waals surface area contributed by atoms with Crippen LogP contribution in [0.1, 0.15) is 31.2 Å². The molecule has 1 saturated carbocycles. The van der Waals surface area contributed by atoms with Gasteiger partial charge in [-0.15, -0.1) is 0 Å². The van der Waals surface area contributed by atoms with Gasteiger partial charge in [0.15, 0.2) is 0 Å². The fourth-order valence-corrected chi connectivity index (χ4v) is 2.11. The van der Waals surface area contributed by atoms with Crippen molar-refractivity contribution in [1.29, 1.82) is 0 Å². The molecule has 82 valence electrons. The van der Waals surface area contributed by atoms with Crippen molar-refractivity contribution in [2.24, 2.45) is 5.73 Å². The summed E-state index contributed by atoms with van der Waals surface area (Å²) in [6, 6.07) is 10.5. The van der Waals surface area contributed by atoms with Gasteiger partial charge < -0.3 is 10.5 Å². The van der Waals surface area contributed by atoms with E-state index in [0.29, 0.717) is 6.61 Å². The van der Waals surface area contributed by atoms with E-state index in [-0.39, 0.29) is 12.1 Å². The van der Waals surface area contributed by atoms with E-state index in [0.717, 1.165) is 12.8 Å². The Morgan fingerprint density at radius 1 is 1.13 bits per heavy atom. The van der Waals surface area contributed by atoms with Gasteiger partial charge in [-0.2, -0.15) is 0 Å². The second kappa shape index (κ2) is 5.29. The summed E-state index contributed by atoms with van der Waals surface area (Å²) in [5.74, 6) is 0. The highest BCUT2D eigenvalue weighted by atomic mass is 16.5. The summed E-state index contributed by atoms with van der Waals surface area (Å²) in [5.41, 5.74) is 7.25. The Morgan fingerprint density at radius 3 is 2.60 bits per heavy atom. The van der Waals surface area contributed by atoms with Crippen LogP contribution in [0, 0.1) is 0 Å². The van der Waals surface area contributed by atoms with Gasteiger partial charge in [0.1, 0.15) is 0 Å². The van der Waals surface area contributed by atoms with Crippen LogP contribution in [-0.2, 0) is 11.3 Å². The minimum Gasteiger partial charge on any atom is -0.372 e. The summed E-state index contributed by atoms with van der Waals surface area (Å²) in [6.45, 7) is 0.694. The van der Waals surface area contributed by atoms with Crippen LogP contribution < -0.4 is 5.73 Å².